The molecule has 1 aliphatic heterocycles. The molecule has 3 N–H and O–H groups in total. The molecule has 5 amide bonds. The van der Waals surface area contributed by atoms with E-state index in [-0.39, 0.29) is 34.4 Å². The first kappa shape index (κ1) is 43.0. The second-order valence-corrected chi connectivity index (χ2v) is 16.8. The predicted octanol–water partition coefficient (Wildman–Crippen LogP) is 8.40. The highest BCUT2D eigenvalue weighted by molar-refractivity contribution is 6.50. The number of benzene rings is 3. The highest BCUT2D eigenvalue weighted by Crippen LogP contribution is 2.41. The van der Waals surface area contributed by atoms with Crippen LogP contribution in [0.1, 0.15) is 105 Å². The standard InChI is InChI=1S/C43H55ClN4O7/c1-11-40(6,7)29-23-24-33(32(26-29)41(8,9)12-2)55-25-17-22-34(49)45-30-20-16-21-31(27-30)46-36(51)42(44,35(50)39(3,4)5)48-37(52)43(54-10,47-38(48)53)28-18-14-13-15-19-28/h13-16,18-21,23-24,26-27H,11-12,17,22,25H2,1-10H3,(H,45,49)(H,46,51)(H,47,53). The van der Waals surface area contributed by atoms with Crippen LogP contribution in [-0.4, -0.2) is 53.2 Å². The van der Waals surface area contributed by atoms with Gasteiger partial charge in [0.15, 0.2) is 5.78 Å². The number of carbonyl (C=O) groups is 5. The van der Waals surface area contributed by atoms with Crippen molar-refractivity contribution in [3.63, 3.8) is 0 Å². The Balaban J connectivity index is 1.47. The largest absolute Gasteiger partial charge is 0.493 e. The van der Waals surface area contributed by atoms with Crippen LogP contribution in [0.4, 0.5) is 16.2 Å². The minimum absolute atomic E-state index is 0.0371. The van der Waals surface area contributed by atoms with Crippen molar-refractivity contribution in [1.29, 1.82) is 0 Å². The van der Waals surface area contributed by atoms with E-state index >= 15 is 0 Å². The Morgan fingerprint density at radius 1 is 0.818 bits per heavy atom. The molecule has 0 aromatic heterocycles. The number of alkyl halides is 1. The maximum Gasteiger partial charge on any atom is 0.329 e. The summed E-state index contributed by atoms with van der Waals surface area (Å²) in [5, 5.41) is 7.90. The first-order valence-corrected chi connectivity index (χ1v) is 19.1. The van der Waals surface area contributed by atoms with Crippen molar-refractivity contribution in [3.05, 3.63) is 89.5 Å². The van der Waals surface area contributed by atoms with E-state index in [1.165, 1.54) is 45.6 Å². The van der Waals surface area contributed by atoms with Gasteiger partial charge in [0.2, 0.25) is 11.6 Å². The number of Topliss-reactive ketones (excluding diaryl/α,β-unsaturated/α-hetero) is 1. The lowest BCUT2D eigenvalue weighted by Gasteiger charge is -2.36. The highest BCUT2D eigenvalue weighted by Gasteiger charge is 2.65. The summed E-state index contributed by atoms with van der Waals surface area (Å²) in [4.78, 5) is 66.2. The van der Waals surface area contributed by atoms with Gasteiger partial charge in [-0.2, -0.15) is 0 Å². The Morgan fingerprint density at radius 3 is 2.02 bits per heavy atom. The van der Waals surface area contributed by atoms with Gasteiger partial charge in [0.05, 0.1) is 6.61 Å². The quantitative estimate of drug-likeness (QED) is 0.0436. The zero-order chi connectivity index (χ0) is 41.0. The van der Waals surface area contributed by atoms with Crippen LogP contribution in [0, 0.1) is 5.41 Å². The lowest BCUT2D eigenvalue weighted by atomic mass is 9.76. The molecule has 0 bridgehead atoms. The fourth-order valence-electron chi connectivity index (χ4n) is 6.24. The van der Waals surface area contributed by atoms with Crippen molar-refractivity contribution in [2.75, 3.05) is 24.4 Å². The van der Waals surface area contributed by atoms with Crippen LogP contribution < -0.4 is 20.7 Å². The molecule has 296 valence electrons. The molecule has 2 unspecified atom stereocenters. The minimum atomic E-state index is -2.81. The molecular weight excluding hydrogens is 720 g/mol. The lowest BCUT2D eigenvalue weighted by molar-refractivity contribution is -0.157. The van der Waals surface area contributed by atoms with E-state index in [1.54, 1.807) is 42.5 Å². The van der Waals surface area contributed by atoms with Gasteiger partial charge in [0.1, 0.15) is 5.75 Å². The summed E-state index contributed by atoms with van der Waals surface area (Å²) in [5.74, 6) is -2.54. The Bertz CT molecular complexity index is 1920. The first-order chi connectivity index (χ1) is 25.7. The number of ether oxygens (including phenoxy) is 2. The van der Waals surface area contributed by atoms with Crippen LogP contribution in [-0.2, 0) is 40.5 Å². The zero-order valence-corrected chi connectivity index (χ0v) is 34.4. The van der Waals surface area contributed by atoms with Crippen LogP contribution in [0.3, 0.4) is 0 Å². The van der Waals surface area contributed by atoms with E-state index < -0.39 is 39.8 Å². The average molecular weight is 775 g/mol. The summed E-state index contributed by atoms with van der Waals surface area (Å²) in [5.41, 5.74) is -0.155. The van der Waals surface area contributed by atoms with Gasteiger partial charge >= 0.3 is 6.03 Å². The number of carbonyl (C=O) groups excluding carboxylic acids is 5. The number of anilines is 2. The molecule has 11 nitrogen and oxygen atoms in total. The maximum absolute atomic E-state index is 14.1. The van der Waals surface area contributed by atoms with Crippen LogP contribution in [0.25, 0.3) is 0 Å². The van der Waals surface area contributed by atoms with Gasteiger partial charge in [-0.15, -0.1) is 0 Å². The van der Waals surface area contributed by atoms with Gasteiger partial charge in [-0.25, -0.2) is 9.69 Å². The third-order valence-electron chi connectivity index (χ3n) is 10.5. The van der Waals surface area contributed by atoms with Crippen molar-refractivity contribution in [2.45, 2.75) is 110 Å². The number of ketones is 1. The van der Waals surface area contributed by atoms with E-state index in [2.05, 4.69) is 69.6 Å². The number of amides is 5. The van der Waals surface area contributed by atoms with Gasteiger partial charge in [-0.05, 0) is 59.9 Å². The van der Waals surface area contributed by atoms with Gasteiger partial charge in [0.25, 0.3) is 16.8 Å². The topological polar surface area (TPSA) is 143 Å². The summed E-state index contributed by atoms with van der Waals surface area (Å²) in [6, 6.07) is 19.7. The monoisotopic (exact) mass is 774 g/mol. The number of rotatable bonds is 16. The molecule has 3 aromatic rings. The molecule has 55 heavy (non-hydrogen) atoms. The van der Waals surface area contributed by atoms with Gasteiger partial charge < -0.3 is 20.1 Å². The molecule has 1 saturated heterocycles. The van der Waals surface area contributed by atoms with Crippen molar-refractivity contribution in [3.8, 4) is 5.75 Å². The minimum Gasteiger partial charge on any atom is -0.493 e. The molecule has 0 radical (unpaired) electrons. The Hall–Kier alpha value is -4.74. The average Bonchev–Trinajstić information content (AvgIpc) is 3.42. The third-order valence-corrected chi connectivity index (χ3v) is 11.0. The molecule has 3 aromatic carbocycles. The number of nitrogens with zero attached hydrogens (tertiary/aromatic N) is 1. The van der Waals surface area contributed by atoms with Crippen LogP contribution in [0.15, 0.2) is 72.8 Å². The van der Waals surface area contributed by atoms with Crippen molar-refractivity contribution >= 4 is 52.5 Å². The number of nitrogens with one attached hydrogen (secondary N) is 3. The molecule has 0 spiro atoms. The summed E-state index contributed by atoms with van der Waals surface area (Å²) < 4.78 is 11.8. The van der Waals surface area contributed by atoms with Gasteiger partial charge in [-0.1, -0.05) is 122 Å². The van der Waals surface area contributed by atoms with E-state index in [4.69, 9.17) is 21.1 Å². The normalized spacial score (nSPS) is 17.3. The molecule has 2 atom stereocenters. The molecule has 1 aliphatic rings. The van der Waals surface area contributed by atoms with Gasteiger partial charge in [0, 0.05) is 41.4 Å². The molecule has 1 fully saturated rings. The van der Waals surface area contributed by atoms with Crippen molar-refractivity contribution in [2.24, 2.45) is 5.41 Å². The predicted molar refractivity (Wildman–Crippen MR) is 215 cm³/mol. The van der Waals surface area contributed by atoms with E-state index in [0.717, 1.165) is 24.2 Å². The number of imide groups is 1. The molecule has 12 heteroatoms. The molecular formula is C43H55ClN4O7. The number of urea groups is 1. The van der Waals surface area contributed by atoms with E-state index in [9.17, 15) is 24.0 Å². The highest BCUT2D eigenvalue weighted by atomic mass is 35.5. The Kier molecular flexibility index (Phi) is 12.9. The van der Waals surface area contributed by atoms with E-state index in [0.29, 0.717) is 23.6 Å². The second kappa shape index (κ2) is 16.5. The summed E-state index contributed by atoms with van der Waals surface area (Å²) in [6.45, 7) is 18.1. The zero-order valence-electron chi connectivity index (χ0n) is 33.6. The number of methoxy groups -OCH3 is 1. The van der Waals surface area contributed by atoms with Crippen molar-refractivity contribution in [1.82, 2.24) is 10.2 Å². The fourth-order valence-corrected chi connectivity index (χ4v) is 6.73. The number of halogens is 1. The van der Waals surface area contributed by atoms with Crippen LogP contribution >= 0.6 is 11.6 Å². The molecule has 1 heterocycles. The van der Waals surface area contributed by atoms with Gasteiger partial charge in [-0.3, -0.25) is 24.5 Å². The van der Waals surface area contributed by atoms with Crippen LogP contribution in [0.5, 0.6) is 5.75 Å². The Labute approximate surface area is 329 Å². The van der Waals surface area contributed by atoms with E-state index in [1.807, 2.05) is 6.07 Å². The molecule has 4 rings (SSSR count). The SMILES string of the molecule is CCC(C)(C)c1ccc(OCCCC(=O)Nc2cccc(NC(=O)C(Cl)(C(=O)C(C)(C)C)N3C(=O)NC(OC)(c4ccccc4)C3=O)c2)c(C(C)(C)CC)c1. The molecule has 0 saturated carbocycles. The summed E-state index contributed by atoms with van der Waals surface area (Å²) in [6.07, 6.45) is 2.58. The summed E-state index contributed by atoms with van der Waals surface area (Å²) in [7, 11) is 1.22. The summed E-state index contributed by atoms with van der Waals surface area (Å²) >= 11 is 6.90. The number of hydrogen-bond acceptors (Lipinski definition) is 7. The maximum atomic E-state index is 14.1. The lowest BCUT2D eigenvalue weighted by Crippen LogP contribution is -2.63. The fraction of sp³-hybridized carbons (Fsp3) is 0.465. The molecule has 0 aliphatic carbocycles. The third kappa shape index (κ3) is 8.89. The van der Waals surface area contributed by atoms with Crippen molar-refractivity contribution < 1.29 is 33.4 Å². The van der Waals surface area contributed by atoms with Crippen LogP contribution in [0.2, 0.25) is 0 Å². The first-order valence-electron chi connectivity index (χ1n) is 18.7. The number of hydrogen-bond donors (Lipinski definition) is 3. The second-order valence-electron chi connectivity index (χ2n) is 16.2. The smallest absolute Gasteiger partial charge is 0.329 e. The Morgan fingerprint density at radius 2 is 1.44 bits per heavy atom.